The third kappa shape index (κ3) is 2.31. The lowest BCUT2D eigenvalue weighted by Gasteiger charge is -2.24. The molecule has 0 spiro atoms. The van der Waals surface area contributed by atoms with Crippen LogP contribution < -0.4 is 5.73 Å². The first-order valence-corrected chi connectivity index (χ1v) is 6.08. The molecule has 1 amide bonds. The van der Waals surface area contributed by atoms with Crippen LogP contribution in [0.25, 0.3) is 0 Å². The lowest BCUT2D eigenvalue weighted by Crippen LogP contribution is -2.40. The van der Waals surface area contributed by atoms with Gasteiger partial charge in [-0.1, -0.05) is 0 Å². The molecule has 1 saturated heterocycles. The highest BCUT2D eigenvalue weighted by atomic mass is 16.2. The Balaban J connectivity index is 2.24. The van der Waals surface area contributed by atoms with Gasteiger partial charge in [0, 0.05) is 24.8 Å². The molecule has 92 valence electrons. The summed E-state index contributed by atoms with van der Waals surface area (Å²) in [7, 11) is 0. The van der Waals surface area contributed by atoms with Crippen LogP contribution >= 0.6 is 0 Å². The van der Waals surface area contributed by atoms with Crippen molar-refractivity contribution in [2.24, 2.45) is 5.73 Å². The summed E-state index contributed by atoms with van der Waals surface area (Å²) in [6, 6.07) is 3.95. The van der Waals surface area contributed by atoms with Crippen molar-refractivity contribution in [3.63, 3.8) is 0 Å². The summed E-state index contributed by atoms with van der Waals surface area (Å²) in [5, 5.41) is 0. The molecule has 17 heavy (non-hydrogen) atoms. The number of carbonyl (C=O) groups excluding carboxylic acids is 1. The summed E-state index contributed by atoms with van der Waals surface area (Å²) in [6.45, 7) is 5.17. The van der Waals surface area contributed by atoms with Gasteiger partial charge in [-0.05, 0) is 38.8 Å². The number of rotatable bonds is 2. The van der Waals surface area contributed by atoms with Crippen LogP contribution in [0.15, 0.2) is 12.1 Å². The van der Waals surface area contributed by atoms with Gasteiger partial charge in [0.25, 0.3) is 5.91 Å². The van der Waals surface area contributed by atoms with Gasteiger partial charge in [-0.25, -0.2) is 0 Å². The highest BCUT2D eigenvalue weighted by molar-refractivity contribution is 5.95. The number of nitrogens with two attached hydrogens (primary N) is 1. The molecule has 4 heteroatoms. The largest absolute Gasteiger partial charge is 0.334 e. The third-order valence-corrected chi connectivity index (χ3v) is 3.37. The molecule has 1 atom stereocenters. The number of aromatic nitrogens is 1. The van der Waals surface area contributed by atoms with Gasteiger partial charge in [-0.3, -0.25) is 9.78 Å². The second-order valence-electron chi connectivity index (χ2n) is 4.62. The molecule has 0 saturated carbocycles. The van der Waals surface area contributed by atoms with Crippen LogP contribution in [-0.4, -0.2) is 34.9 Å². The molecular weight excluding hydrogens is 214 g/mol. The predicted octanol–water partition coefficient (Wildman–Crippen LogP) is 1.26. The maximum Gasteiger partial charge on any atom is 0.255 e. The minimum Gasteiger partial charge on any atom is -0.334 e. The number of nitrogens with zero attached hydrogens (tertiary/aromatic N) is 2. The van der Waals surface area contributed by atoms with Gasteiger partial charge in [0.1, 0.15) is 0 Å². The maximum absolute atomic E-state index is 12.4. The van der Waals surface area contributed by atoms with Crippen LogP contribution in [0, 0.1) is 13.8 Å². The molecule has 1 aliphatic rings. The molecule has 1 unspecified atom stereocenters. The Morgan fingerprint density at radius 2 is 2.29 bits per heavy atom. The minimum atomic E-state index is 0.0722. The minimum absolute atomic E-state index is 0.0722. The van der Waals surface area contributed by atoms with Gasteiger partial charge in [-0.2, -0.15) is 0 Å². The van der Waals surface area contributed by atoms with Crippen molar-refractivity contribution in [1.82, 2.24) is 9.88 Å². The Hall–Kier alpha value is -1.42. The molecule has 1 aromatic heterocycles. The van der Waals surface area contributed by atoms with Crippen molar-refractivity contribution in [2.75, 3.05) is 13.1 Å². The van der Waals surface area contributed by atoms with Gasteiger partial charge in [0.05, 0.1) is 11.3 Å². The molecule has 2 N–H and O–H groups in total. The molecule has 1 aliphatic heterocycles. The van der Waals surface area contributed by atoms with E-state index in [0.29, 0.717) is 12.1 Å². The van der Waals surface area contributed by atoms with Gasteiger partial charge >= 0.3 is 0 Å². The lowest BCUT2D eigenvalue weighted by molar-refractivity contribution is 0.0740. The molecule has 2 rings (SSSR count). The van der Waals surface area contributed by atoms with Crippen LogP contribution in [0.2, 0.25) is 0 Å². The van der Waals surface area contributed by atoms with Crippen molar-refractivity contribution < 1.29 is 4.79 Å². The van der Waals surface area contributed by atoms with Gasteiger partial charge in [0.15, 0.2) is 0 Å². The summed E-state index contributed by atoms with van der Waals surface area (Å²) in [6.07, 6.45) is 2.06. The standard InChI is InChI=1S/C13H19N3O/c1-9-5-6-12(10(2)15-9)13(17)16-7-3-4-11(16)8-14/h5-6,11H,3-4,7-8,14H2,1-2H3. The van der Waals surface area contributed by atoms with Gasteiger partial charge < -0.3 is 10.6 Å². The van der Waals surface area contributed by atoms with E-state index in [4.69, 9.17) is 5.73 Å². The van der Waals surface area contributed by atoms with E-state index in [1.165, 1.54) is 0 Å². The van der Waals surface area contributed by atoms with Crippen LogP contribution in [-0.2, 0) is 0 Å². The van der Waals surface area contributed by atoms with Crippen molar-refractivity contribution in [2.45, 2.75) is 32.7 Å². The predicted molar refractivity (Wildman–Crippen MR) is 66.8 cm³/mol. The van der Waals surface area contributed by atoms with E-state index in [9.17, 15) is 4.79 Å². The molecule has 4 nitrogen and oxygen atoms in total. The SMILES string of the molecule is Cc1ccc(C(=O)N2CCCC2CN)c(C)n1. The topological polar surface area (TPSA) is 59.2 Å². The fourth-order valence-corrected chi connectivity index (χ4v) is 2.42. The number of carbonyl (C=O) groups is 1. The summed E-state index contributed by atoms with van der Waals surface area (Å²) < 4.78 is 0. The summed E-state index contributed by atoms with van der Waals surface area (Å²) in [5.74, 6) is 0.0722. The second-order valence-corrected chi connectivity index (χ2v) is 4.62. The Labute approximate surface area is 102 Å². The summed E-state index contributed by atoms with van der Waals surface area (Å²) in [4.78, 5) is 18.6. The van der Waals surface area contributed by atoms with Gasteiger partial charge in [-0.15, -0.1) is 0 Å². The lowest BCUT2D eigenvalue weighted by atomic mass is 10.1. The zero-order valence-electron chi connectivity index (χ0n) is 10.4. The number of likely N-dealkylation sites (tertiary alicyclic amines) is 1. The van der Waals surface area contributed by atoms with Crippen molar-refractivity contribution in [3.8, 4) is 0 Å². The fraction of sp³-hybridized carbons (Fsp3) is 0.538. The highest BCUT2D eigenvalue weighted by Gasteiger charge is 2.29. The Kier molecular flexibility index (Phi) is 3.43. The van der Waals surface area contributed by atoms with Crippen LogP contribution in [0.1, 0.15) is 34.6 Å². The molecule has 0 aliphatic carbocycles. The van der Waals surface area contributed by atoms with E-state index in [-0.39, 0.29) is 11.9 Å². The highest BCUT2D eigenvalue weighted by Crippen LogP contribution is 2.20. The zero-order valence-corrected chi connectivity index (χ0v) is 10.4. The van der Waals surface area contributed by atoms with E-state index in [0.717, 1.165) is 30.8 Å². The summed E-state index contributed by atoms with van der Waals surface area (Å²) in [5.41, 5.74) is 8.14. The van der Waals surface area contributed by atoms with Gasteiger partial charge in [0.2, 0.25) is 0 Å². The summed E-state index contributed by atoms with van der Waals surface area (Å²) >= 11 is 0. The monoisotopic (exact) mass is 233 g/mol. The van der Waals surface area contributed by atoms with Crippen molar-refractivity contribution in [3.05, 3.63) is 29.1 Å². The zero-order chi connectivity index (χ0) is 12.4. The number of hydrogen-bond donors (Lipinski definition) is 1. The maximum atomic E-state index is 12.4. The van der Waals surface area contributed by atoms with E-state index in [1.54, 1.807) is 0 Å². The third-order valence-electron chi connectivity index (χ3n) is 3.37. The van der Waals surface area contributed by atoms with Crippen LogP contribution in [0.4, 0.5) is 0 Å². The van der Waals surface area contributed by atoms with Crippen LogP contribution in [0.5, 0.6) is 0 Å². The second kappa shape index (κ2) is 4.84. The van der Waals surface area contributed by atoms with Crippen molar-refractivity contribution >= 4 is 5.91 Å². The number of hydrogen-bond acceptors (Lipinski definition) is 3. The average molecular weight is 233 g/mol. The Morgan fingerprint density at radius 1 is 1.53 bits per heavy atom. The normalized spacial score (nSPS) is 19.7. The number of amides is 1. The first-order chi connectivity index (χ1) is 8.13. The molecule has 0 radical (unpaired) electrons. The Morgan fingerprint density at radius 3 is 2.94 bits per heavy atom. The molecule has 0 aromatic carbocycles. The Bertz CT molecular complexity index is 431. The quantitative estimate of drug-likeness (QED) is 0.836. The molecular formula is C13H19N3O. The van der Waals surface area contributed by atoms with E-state index >= 15 is 0 Å². The fourth-order valence-electron chi connectivity index (χ4n) is 2.42. The molecule has 0 bridgehead atoms. The number of pyridine rings is 1. The van der Waals surface area contributed by atoms with Crippen LogP contribution in [0.3, 0.4) is 0 Å². The smallest absolute Gasteiger partial charge is 0.255 e. The molecule has 2 heterocycles. The molecule has 1 aromatic rings. The first-order valence-electron chi connectivity index (χ1n) is 6.08. The average Bonchev–Trinajstić information content (AvgIpc) is 2.76. The van der Waals surface area contributed by atoms with E-state index < -0.39 is 0 Å². The van der Waals surface area contributed by atoms with E-state index in [1.807, 2.05) is 30.9 Å². The number of aryl methyl sites for hydroxylation is 2. The molecule has 1 fully saturated rings. The first kappa shape index (κ1) is 12.0. The van der Waals surface area contributed by atoms with E-state index in [2.05, 4.69) is 4.98 Å². The van der Waals surface area contributed by atoms with Crippen molar-refractivity contribution in [1.29, 1.82) is 0 Å².